The predicted molar refractivity (Wildman–Crippen MR) is 99.3 cm³/mol. The molecule has 0 amide bonds. The number of rotatable bonds is 6. The summed E-state index contributed by atoms with van der Waals surface area (Å²) in [6, 6.07) is 5.72. The van der Waals surface area contributed by atoms with Crippen LogP contribution in [0, 0.1) is 6.92 Å². The predicted octanol–water partition coefficient (Wildman–Crippen LogP) is 2.61. The molecule has 2 aromatic rings. The van der Waals surface area contributed by atoms with E-state index in [0.717, 1.165) is 9.13 Å². The Labute approximate surface area is 163 Å². The monoisotopic (exact) mass is 407 g/mol. The van der Waals surface area contributed by atoms with Crippen molar-refractivity contribution in [2.45, 2.75) is 44.7 Å². The van der Waals surface area contributed by atoms with Crippen molar-refractivity contribution in [2.75, 3.05) is 7.11 Å². The third-order valence-electron chi connectivity index (χ3n) is 4.76. The highest BCUT2D eigenvalue weighted by molar-refractivity contribution is 5.27. The van der Waals surface area contributed by atoms with Crippen molar-refractivity contribution in [3.05, 3.63) is 72.9 Å². The Kier molecular flexibility index (Phi) is 6.00. The van der Waals surface area contributed by atoms with E-state index in [4.69, 9.17) is 15.0 Å². The number of nitrogens with zero attached hydrogens (tertiary/aromatic N) is 5. The highest BCUT2D eigenvalue weighted by Gasteiger charge is 2.41. The first-order chi connectivity index (χ1) is 13.8. The van der Waals surface area contributed by atoms with E-state index in [1.54, 1.807) is 24.3 Å². The normalized spacial score (nSPS) is 21.2. The molecule has 3 rings (SSSR count). The lowest BCUT2D eigenvalue weighted by Crippen LogP contribution is -2.42. The Hall–Kier alpha value is -3.17. The maximum Gasteiger partial charge on any atom is 0.333 e. The molecule has 0 radical (unpaired) electrons. The van der Waals surface area contributed by atoms with Gasteiger partial charge in [0.1, 0.15) is 18.1 Å². The van der Waals surface area contributed by atoms with Crippen molar-refractivity contribution in [3.63, 3.8) is 0 Å². The Morgan fingerprint density at radius 1 is 1.34 bits per heavy atom. The van der Waals surface area contributed by atoms with Gasteiger partial charge >= 0.3 is 5.69 Å². The van der Waals surface area contributed by atoms with Crippen LogP contribution in [0.4, 0.5) is 8.78 Å². The molecule has 1 saturated heterocycles. The standard InChI is InChI=1S/C18H19F2N5O4/c1-10-8-24(14-7-13(22-23-21)15(29-14)16(19)20)18(27)25(17(10)26)9-11-3-5-12(28-2)6-4-11/h3-6,8,13-16H,7,9H2,1-2H3/t13-,14+,15-/m0/s1. The van der Waals surface area contributed by atoms with Crippen molar-refractivity contribution in [1.82, 2.24) is 9.13 Å². The van der Waals surface area contributed by atoms with Gasteiger partial charge in [0, 0.05) is 23.1 Å². The lowest BCUT2D eigenvalue weighted by atomic mass is 10.1. The molecule has 0 aliphatic carbocycles. The molecule has 154 valence electrons. The fraction of sp³-hybridized carbons (Fsp3) is 0.444. The Morgan fingerprint density at radius 2 is 2.03 bits per heavy atom. The first kappa shape index (κ1) is 20.6. The molecule has 0 bridgehead atoms. The van der Waals surface area contributed by atoms with Crippen molar-refractivity contribution >= 4 is 0 Å². The lowest BCUT2D eigenvalue weighted by Gasteiger charge is -2.18. The van der Waals surface area contributed by atoms with E-state index in [2.05, 4.69) is 10.0 Å². The minimum absolute atomic E-state index is 0.00584. The highest BCUT2D eigenvalue weighted by Crippen LogP contribution is 2.33. The molecule has 0 spiro atoms. The fourth-order valence-electron chi connectivity index (χ4n) is 3.27. The average Bonchev–Trinajstić information content (AvgIpc) is 3.13. The van der Waals surface area contributed by atoms with Gasteiger partial charge in [0.05, 0.1) is 19.7 Å². The van der Waals surface area contributed by atoms with Gasteiger partial charge in [0.2, 0.25) is 0 Å². The van der Waals surface area contributed by atoms with E-state index in [9.17, 15) is 18.4 Å². The van der Waals surface area contributed by atoms with Gasteiger partial charge in [-0.3, -0.25) is 13.9 Å². The minimum Gasteiger partial charge on any atom is -0.497 e. The number of methoxy groups -OCH3 is 1. The largest absolute Gasteiger partial charge is 0.497 e. The van der Waals surface area contributed by atoms with Gasteiger partial charge in [-0.15, -0.1) is 0 Å². The zero-order chi connectivity index (χ0) is 21.1. The Bertz CT molecular complexity index is 1040. The molecule has 1 aliphatic heterocycles. The zero-order valence-corrected chi connectivity index (χ0v) is 15.7. The van der Waals surface area contributed by atoms with E-state index in [0.29, 0.717) is 11.3 Å². The molecule has 29 heavy (non-hydrogen) atoms. The summed E-state index contributed by atoms with van der Waals surface area (Å²) in [6.45, 7) is 1.52. The molecule has 2 heterocycles. The second-order valence-corrected chi connectivity index (χ2v) is 6.64. The number of benzene rings is 1. The van der Waals surface area contributed by atoms with Crippen LogP contribution in [0.3, 0.4) is 0 Å². The molecule has 3 atom stereocenters. The van der Waals surface area contributed by atoms with Crippen LogP contribution in [-0.4, -0.2) is 34.8 Å². The maximum absolute atomic E-state index is 13.2. The molecule has 9 nitrogen and oxygen atoms in total. The first-order valence-corrected chi connectivity index (χ1v) is 8.79. The van der Waals surface area contributed by atoms with E-state index < -0.39 is 36.0 Å². The van der Waals surface area contributed by atoms with Gasteiger partial charge in [-0.25, -0.2) is 13.6 Å². The van der Waals surface area contributed by atoms with Gasteiger partial charge in [-0.1, -0.05) is 17.2 Å². The zero-order valence-electron chi connectivity index (χ0n) is 15.7. The molecule has 1 aromatic heterocycles. The SMILES string of the molecule is COc1ccc(Cn2c(=O)c(C)cn([C@H]3C[C@H](N=[N+]=[N-])[C@@H](C(F)F)O3)c2=O)cc1. The topological polar surface area (TPSA) is 111 Å². The number of hydrogen-bond acceptors (Lipinski definition) is 5. The number of ether oxygens (including phenoxy) is 2. The Morgan fingerprint density at radius 3 is 2.62 bits per heavy atom. The number of azide groups is 1. The summed E-state index contributed by atoms with van der Waals surface area (Å²) >= 11 is 0. The Balaban J connectivity index is 1.98. The summed E-state index contributed by atoms with van der Waals surface area (Å²) in [5.41, 5.74) is 8.35. The van der Waals surface area contributed by atoms with E-state index in [1.807, 2.05) is 0 Å². The summed E-state index contributed by atoms with van der Waals surface area (Å²) in [7, 11) is 1.52. The van der Waals surface area contributed by atoms with Gasteiger partial charge < -0.3 is 9.47 Å². The smallest absolute Gasteiger partial charge is 0.333 e. The van der Waals surface area contributed by atoms with Crippen LogP contribution in [0.5, 0.6) is 5.75 Å². The van der Waals surface area contributed by atoms with Crippen molar-refractivity contribution in [2.24, 2.45) is 5.11 Å². The minimum atomic E-state index is -2.88. The summed E-state index contributed by atoms with van der Waals surface area (Å²) in [4.78, 5) is 28.0. The summed E-state index contributed by atoms with van der Waals surface area (Å²) in [5, 5.41) is 3.36. The maximum atomic E-state index is 13.2. The second kappa shape index (κ2) is 8.46. The number of aromatic nitrogens is 2. The average molecular weight is 407 g/mol. The molecule has 0 saturated carbocycles. The first-order valence-electron chi connectivity index (χ1n) is 8.79. The van der Waals surface area contributed by atoms with Crippen LogP contribution in [0.1, 0.15) is 23.8 Å². The molecular formula is C18H19F2N5O4. The molecule has 1 aromatic carbocycles. The van der Waals surface area contributed by atoms with Gasteiger partial charge in [0.25, 0.3) is 12.0 Å². The molecule has 1 aliphatic rings. The van der Waals surface area contributed by atoms with Crippen molar-refractivity contribution in [1.29, 1.82) is 0 Å². The number of hydrogen-bond donors (Lipinski definition) is 0. The van der Waals surface area contributed by atoms with Crippen LogP contribution in [0.25, 0.3) is 10.4 Å². The van der Waals surface area contributed by atoms with E-state index in [-0.39, 0.29) is 18.5 Å². The van der Waals surface area contributed by atoms with Crippen LogP contribution < -0.4 is 16.0 Å². The lowest BCUT2D eigenvalue weighted by molar-refractivity contribution is -0.0780. The van der Waals surface area contributed by atoms with E-state index >= 15 is 0 Å². The van der Waals surface area contributed by atoms with Crippen LogP contribution in [0.2, 0.25) is 0 Å². The van der Waals surface area contributed by atoms with Gasteiger partial charge in [0.15, 0.2) is 0 Å². The fourth-order valence-corrected chi connectivity index (χ4v) is 3.27. The number of alkyl halides is 2. The summed E-state index contributed by atoms with van der Waals surface area (Å²) in [6.07, 6.45) is -4.39. The summed E-state index contributed by atoms with van der Waals surface area (Å²) in [5.74, 6) is 0.629. The quantitative estimate of drug-likeness (QED) is 0.416. The molecule has 1 fully saturated rings. The third-order valence-corrected chi connectivity index (χ3v) is 4.76. The number of aryl methyl sites for hydroxylation is 1. The highest BCUT2D eigenvalue weighted by atomic mass is 19.3. The van der Waals surface area contributed by atoms with E-state index in [1.165, 1.54) is 20.2 Å². The van der Waals surface area contributed by atoms with Gasteiger partial charge in [-0.2, -0.15) is 0 Å². The van der Waals surface area contributed by atoms with Crippen LogP contribution in [0.15, 0.2) is 45.2 Å². The van der Waals surface area contributed by atoms with Gasteiger partial charge in [-0.05, 0) is 30.2 Å². The molecule has 0 unspecified atom stereocenters. The van der Waals surface area contributed by atoms with Crippen molar-refractivity contribution in [3.8, 4) is 5.75 Å². The second-order valence-electron chi connectivity index (χ2n) is 6.64. The van der Waals surface area contributed by atoms with Crippen LogP contribution in [-0.2, 0) is 11.3 Å². The van der Waals surface area contributed by atoms with Crippen LogP contribution >= 0.6 is 0 Å². The molecule has 0 N–H and O–H groups in total. The summed E-state index contributed by atoms with van der Waals surface area (Å²) < 4.78 is 38.9. The molecule has 11 heteroatoms. The van der Waals surface area contributed by atoms with Crippen molar-refractivity contribution < 1.29 is 18.3 Å². The molecular weight excluding hydrogens is 388 g/mol. The third kappa shape index (κ3) is 4.15. The number of halogens is 2.